The van der Waals surface area contributed by atoms with Gasteiger partial charge in [-0.1, -0.05) is 6.08 Å². The van der Waals surface area contributed by atoms with Crippen molar-refractivity contribution in [1.29, 1.82) is 0 Å². The predicted molar refractivity (Wildman–Crippen MR) is 112 cm³/mol. The first-order valence-electron chi connectivity index (χ1n) is 9.62. The number of hydrogen-bond acceptors (Lipinski definition) is 5. The summed E-state index contributed by atoms with van der Waals surface area (Å²) in [6.45, 7) is 1.87. The molecule has 0 bridgehead atoms. The van der Waals surface area contributed by atoms with Gasteiger partial charge in [0.2, 0.25) is 0 Å². The number of furan rings is 1. The van der Waals surface area contributed by atoms with Crippen molar-refractivity contribution in [3.8, 4) is 22.5 Å². The number of pyridine rings is 2. The van der Waals surface area contributed by atoms with Crippen molar-refractivity contribution in [2.24, 2.45) is 0 Å². The monoisotopic (exact) mass is 382 g/mol. The Morgan fingerprint density at radius 2 is 2.07 bits per heavy atom. The van der Waals surface area contributed by atoms with E-state index in [0.29, 0.717) is 0 Å². The molecule has 1 aliphatic rings. The highest BCUT2D eigenvalue weighted by atomic mass is 16.3. The van der Waals surface area contributed by atoms with E-state index in [0.717, 1.165) is 69.7 Å². The summed E-state index contributed by atoms with van der Waals surface area (Å²) in [6.07, 6.45) is 10.3. The number of nitrogens with one attached hydrogen (secondary N) is 3. The minimum Gasteiger partial charge on any atom is -0.472 e. The lowest BCUT2D eigenvalue weighted by Gasteiger charge is -2.13. The molecule has 0 spiro atoms. The summed E-state index contributed by atoms with van der Waals surface area (Å²) in [4.78, 5) is 12.6. The molecule has 142 valence electrons. The molecule has 5 aromatic heterocycles. The first-order chi connectivity index (χ1) is 14.4. The third kappa shape index (κ3) is 2.67. The summed E-state index contributed by atoms with van der Waals surface area (Å²) < 4.78 is 5.26. The van der Waals surface area contributed by atoms with E-state index in [4.69, 9.17) is 4.42 Å². The number of hydrogen-bond donors (Lipinski definition) is 3. The number of aromatic amines is 2. The molecule has 7 nitrogen and oxygen atoms in total. The summed E-state index contributed by atoms with van der Waals surface area (Å²) in [5, 5.41) is 13.1. The fraction of sp³-hybridized carbons (Fsp3) is 0.136. The van der Waals surface area contributed by atoms with E-state index < -0.39 is 0 Å². The summed E-state index contributed by atoms with van der Waals surface area (Å²) >= 11 is 0. The highest BCUT2D eigenvalue weighted by Gasteiger charge is 2.16. The van der Waals surface area contributed by atoms with Gasteiger partial charge in [0, 0.05) is 29.1 Å². The molecule has 0 saturated carbocycles. The van der Waals surface area contributed by atoms with Crippen molar-refractivity contribution in [1.82, 2.24) is 30.5 Å². The van der Waals surface area contributed by atoms with Crippen LogP contribution in [0.15, 0.2) is 59.7 Å². The molecule has 1 aliphatic heterocycles. The van der Waals surface area contributed by atoms with E-state index in [1.165, 1.54) is 5.57 Å². The Labute approximate surface area is 165 Å². The Morgan fingerprint density at radius 1 is 1.07 bits per heavy atom. The Balaban J connectivity index is 1.50. The van der Waals surface area contributed by atoms with Crippen molar-refractivity contribution in [3.05, 3.63) is 61.0 Å². The largest absolute Gasteiger partial charge is 0.472 e. The van der Waals surface area contributed by atoms with Gasteiger partial charge in [-0.3, -0.25) is 10.1 Å². The van der Waals surface area contributed by atoms with Gasteiger partial charge in [-0.15, -0.1) is 0 Å². The molecule has 0 unspecified atom stereocenters. The number of H-pyrrole nitrogens is 2. The van der Waals surface area contributed by atoms with Crippen molar-refractivity contribution < 1.29 is 4.42 Å². The molecular formula is C22H18N6O. The molecule has 0 aliphatic carbocycles. The van der Waals surface area contributed by atoms with Crippen LogP contribution in [0.3, 0.4) is 0 Å². The van der Waals surface area contributed by atoms with Crippen LogP contribution in [0, 0.1) is 0 Å². The van der Waals surface area contributed by atoms with Crippen LogP contribution in [-0.2, 0) is 0 Å². The molecule has 6 heterocycles. The molecule has 5 aromatic rings. The first kappa shape index (κ1) is 16.3. The van der Waals surface area contributed by atoms with Crippen LogP contribution in [0.5, 0.6) is 0 Å². The van der Waals surface area contributed by atoms with Crippen LogP contribution in [0.4, 0.5) is 0 Å². The van der Waals surface area contributed by atoms with E-state index in [1.54, 1.807) is 18.7 Å². The molecule has 3 N–H and O–H groups in total. The Kier molecular flexibility index (Phi) is 3.60. The van der Waals surface area contributed by atoms with E-state index in [9.17, 15) is 0 Å². The van der Waals surface area contributed by atoms with Crippen LogP contribution in [0.25, 0.3) is 50.0 Å². The Bertz CT molecular complexity index is 1360. The number of rotatable bonds is 3. The van der Waals surface area contributed by atoms with E-state index in [-0.39, 0.29) is 0 Å². The fourth-order valence-corrected chi connectivity index (χ4v) is 3.98. The predicted octanol–water partition coefficient (Wildman–Crippen LogP) is 4.14. The second-order valence-electron chi connectivity index (χ2n) is 7.19. The molecule has 6 rings (SSSR count). The smallest absolute Gasteiger partial charge is 0.138 e. The van der Waals surface area contributed by atoms with Crippen LogP contribution in [-0.4, -0.2) is 38.2 Å². The lowest BCUT2D eigenvalue weighted by molar-refractivity contribution is 0.568. The average molecular weight is 382 g/mol. The maximum atomic E-state index is 5.26. The molecule has 0 amide bonds. The van der Waals surface area contributed by atoms with Gasteiger partial charge < -0.3 is 14.7 Å². The fourth-order valence-electron chi connectivity index (χ4n) is 3.98. The SMILES string of the molecule is C1=C(c2cc3c(-c4cc5c(-c6ccoc6)ccnc5[nH]4)n[nH]c3cn2)CCNC1. The van der Waals surface area contributed by atoms with Gasteiger partial charge in [-0.25, -0.2) is 4.98 Å². The van der Waals surface area contributed by atoms with Gasteiger partial charge >= 0.3 is 0 Å². The van der Waals surface area contributed by atoms with E-state index >= 15 is 0 Å². The average Bonchev–Trinajstić information content (AvgIpc) is 3.52. The standard InChI is InChI=1S/C22H18N6O/c1-5-23-6-2-13(1)18-10-17-20(11-25-18)27-28-21(17)19-9-16-15(14-4-8-29-12-14)3-7-24-22(16)26-19/h1,3-4,7-12,23H,2,5-6H2,(H,24,26)(H,27,28). The number of nitrogens with zero attached hydrogens (tertiary/aromatic N) is 3. The highest BCUT2D eigenvalue weighted by molar-refractivity contribution is 5.99. The maximum Gasteiger partial charge on any atom is 0.138 e. The zero-order valence-electron chi connectivity index (χ0n) is 15.6. The summed E-state index contributed by atoms with van der Waals surface area (Å²) in [6, 6.07) is 8.18. The normalized spacial score (nSPS) is 14.6. The summed E-state index contributed by atoms with van der Waals surface area (Å²) in [7, 11) is 0. The third-order valence-corrected chi connectivity index (χ3v) is 5.46. The van der Waals surface area contributed by atoms with Crippen molar-refractivity contribution in [3.63, 3.8) is 0 Å². The Morgan fingerprint density at radius 3 is 2.93 bits per heavy atom. The molecule has 29 heavy (non-hydrogen) atoms. The van der Waals surface area contributed by atoms with Crippen LogP contribution in [0.1, 0.15) is 12.1 Å². The molecular weight excluding hydrogens is 364 g/mol. The summed E-state index contributed by atoms with van der Waals surface area (Å²) in [5.74, 6) is 0. The minimum absolute atomic E-state index is 0.824. The third-order valence-electron chi connectivity index (χ3n) is 5.46. The van der Waals surface area contributed by atoms with Crippen LogP contribution < -0.4 is 5.32 Å². The minimum atomic E-state index is 0.824. The van der Waals surface area contributed by atoms with E-state index in [2.05, 4.69) is 48.7 Å². The maximum absolute atomic E-state index is 5.26. The zero-order chi connectivity index (χ0) is 19.2. The van der Waals surface area contributed by atoms with Crippen molar-refractivity contribution >= 4 is 27.5 Å². The van der Waals surface area contributed by atoms with Gasteiger partial charge in [0.1, 0.15) is 11.3 Å². The Hall–Kier alpha value is -3.71. The lowest BCUT2D eigenvalue weighted by Crippen LogP contribution is -2.20. The molecule has 0 radical (unpaired) electrons. The summed E-state index contributed by atoms with van der Waals surface area (Å²) in [5.41, 5.74) is 7.92. The molecule has 0 fully saturated rings. The molecule has 7 heteroatoms. The van der Waals surface area contributed by atoms with Gasteiger partial charge in [-0.05, 0) is 48.4 Å². The second kappa shape index (κ2) is 6.42. The molecule has 0 atom stereocenters. The molecule has 0 saturated heterocycles. The number of fused-ring (bicyclic) bond motifs is 2. The van der Waals surface area contributed by atoms with Crippen LogP contribution in [0.2, 0.25) is 0 Å². The first-order valence-corrected chi connectivity index (χ1v) is 9.62. The second-order valence-corrected chi connectivity index (χ2v) is 7.19. The molecule has 0 aromatic carbocycles. The topological polar surface area (TPSA) is 95.4 Å². The van der Waals surface area contributed by atoms with Crippen molar-refractivity contribution in [2.45, 2.75) is 6.42 Å². The highest BCUT2D eigenvalue weighted by Crippen LogP contribution is 2.34. The van der Waals surface area contributed by atoms with Gasteiger partial charge in [0.05, 0.1) is 35.6 Å². The quantitative estimate of drug-likeness (QED) is 0.436. The zero-order valence-corrected chi connectivity index (χ0v) is 15.6. The van der Waals surface area contributed by atoms with Gasteiger partial charge in [0.15, 0.2) is 0 Å². The van der Waals surface area contributed by atoms with E-state index in [1.807, 2.05) is 18.3 Å². The van der Waals surface area contributed by atoms with Crippen LogP contribution >= 0.6 is 0 Å². The van der Waals surface area contributed by atoms with Gasteiger partial charge in [0.25, 0.3) is 0 Å². The van der Waals surface area contributed by atoms with Gasteiger partial charge in [-0.2, -0.15) is 5.10 Å². The van der Waals surface area contributed by atoms with Crippen molar-refractivity contribution in [2.75, 3.05) is 13.1 Å². The number of aromatic nitrogens is 5. The lowest BCUT2D eigenvalue weighted by atomic mass is 10.0.